The summed E-state index contributed by atoms with van der Waals surface area (Å²) in [6, 6.07) is 0. The third-order valence-electron chi connectivity index (χ3n) is 2.09. The van der Waals surface area contributed by atoms with E-state index < -0.39 is 0 Å². The molecular weight excluding hydrogens is 146 g/mol. The fourth-order valence-electron chi connectivity index (χ4n) is 1.24. The van der Waals surface area contributed by atoms with Crippen LogP contribution in [0.5, 0.6) is 0 Å². The Morgan fingerprint density at radius 3 is 1.75 bits per heavy atom. The molecule has 0 N–H and O–H groups in total. The van der Waals surface area contributed by atoms with Gasteiger partial charge in [0, 0.05) is 12.8 Å². The van der Waals surface area contributed by atoms with Gasteiger partial charge in [-0.05, 0) is 12.8 Å². The zero-order valence-corrected chi connectivity index (χ0v) is 8.81. The lowest BCUT2D eigenvalue weighted by molar-refractivity contribution is 0.564. The molecule has 0 fully saturated rings. The number of hydrogen-bond acceptors (Lipinski definition) is 0. The fourth-order valence-corrected chi connectivity index (χ4v) is 1.24. The van der Waals surface area contributed by atoms with E-state index in [0.29, 0.717) is 0 Å². The number of unbranched alkanes of at least 4 members (excludes halogenated alkanes) is 5. The minimum Gasteiger partial charge on any atom is -0.0654 e. The predicted molar refractivity (Wildman–Crippen MR) is 55.5 cm³/mol. The van der Waals surface area contributed by atoms with E-state index >= 15 is 0 Å². The van der Waals surface area contributed by atoms with Crippen LogP contribution in [0.25, 0.3) is 0 Å². The summed E-state index contributed by atoms with van der Waals surface area (Å²) in [7, 11) is 0. The fraction of sp³-hybridized carbons (Fsp3) is 1.00. The standard InChI is InChI=1S/C11H24N/c1-3-5-7-9-11-12-10-8-6-4-2/h3-11H2,1-2H3/q+1. The van der Waals surface area contributed by atoms with E-state index in [-0.39, 0.29) is 0 Å². The number of rotatable bonds is 9. The van der Waals surface area contributed by atoms with Crippen LogP contribution in [-0.4, -0.2) is 13.1 Å². The molecule has 1 nitrogen and oxygen atoms in total. The average Bonchev–Trinajstić information content (AvgIpc) is 2.10. The average molecular weight is 170 g/mol. The topological polar surface area (TPSA) is 14.1 Å². The normalized spacial score (nSPS) is 10.5. The van der Waals surface area contributed by atoms with Crippen molar-refractivity contribution >= 4 is 0 Å². The van der Waals surface area contributed by atoms with Gasteiger partial charge in [-0.15, -0.1) is 0 Å². The number of nitrogens with zero attached hydrogens (tertiary/aromatic N) is 1. The summed E-state index contributed by atoms with van der Waals surface area (Å²) in [6.45, 7) is 6.68. The van der Waals surface area contributed by atoms with Crippen molar-refractivity contribution < 1.29 is 0 Å². The zero-order chi connectivity index (χ0) is 9.07. The molecule has 0 aliphatic carbocycles. The predicted octanol–water partition coefficient (Wildman–Crippen LogP) is 3.36. The summed E-state index contributed by atoms with van der Waals surface area (Å²) in [5.74, 6) is 0. The van der Waals surface area contributed by atoms with E-state index in [4.69, 9.17) is 0 Å². The Labute approximate surface area is 77.9 Å². The third-order valence-corrected chi connectivity index (χ3v) is 2.09. The highest BCUT2D eigenvalue weighted by Gasteiger charge is 2.01. The molecule has 0 spiro atoms. The van der Waals surface area contributed by atoms with Crippen LogP contribution in [-0.2, 0) is 0 Å². The largest absolute Gasteiger partial charge is 0.183 e. The van der Waals surface area contributed by atoms with Gasteiger partial charge < -0.3 is 0 Å². The van der Waals surface area contributed by atoms with E-state index in [9.17, 15) is 0 Å². The van der Waals surface area contributed by atoms with Crippen molar-refractivity contribution in [2.75, 3.05) is 13.1 Å². The number of hydrogen-bond donors (Lipinski definition) is 0. The van der Waals surface area contributed by atoms with Crippen molar-refractivity contribution in [1.29, 1.82) is 0 Å². The Morgan fingerprint density at radius 2 is 1.17 bits per heavy atom. The van der Waals surface area contributed by atoms with Crippen molar-refractivity contribution in [2.45, 2.75) is 58.8 Å². The molecular formula is C11H24N+. The van der Waals surface area contributed by atoms with E-state index in [1.165, 1.54) is 44.9 Å². The van der Waals surface area contributed by atoms with E-state index in [1.54, 1.807) is 0 Å². The van der Waals surface area contributed by atoms with Crippen LogP contribution < -0.4 is 5.32 Å². The highest BCUT2D eigenvalue weighted by molar-refractivity contribution is 4.48. The molecule has 0 unspecified atom stereocenters. The van der Waals surface area contributed by atoms with Gasteiger partial charge >= 0.3 is 0 Å². The lowest BCUT2D eigenvalue weighted by atomic mass is 10.2. The Balaban J connectivity index is 2.73. The first-order valence-electron chi connectivity index (χ1n) is 5.55. The summed E-state index contributed by atoms with van der Waals surface area (Å²) >= 11 is 0. The van der Waals surface area contributed by atoms with Crippen LogP contribution in [0.2, 0.25) is 0 Å². The van der Waals surface area contributed by atoms with Crippen molar-refractivity contribution in [2.24, 2.45) is 0 Å². The molecule has 0 amide bonds. The van der Waals surface area contributed by atoms with Gasteiger partial charge in [0.25, 0.3) is 0 Å². The summed E-state index contributed by atoms with van der Waals surface area (Å²) in [6.07, 6.45) is 9.34. The van der Waals surface area contributed by atoms with Gasteiger partial charge in [0.15, 0.2) is 13.1 Å². The summed E-state index contributed by atoms with van der Waals surface area (Å²) in [4.78, 5) is 0. The summed E-state index contributed by atoms with van der Waals surface area (Å²) < 4.78 is 0. The van der Waals surface area contributed by atoms with Gasteiger partial charge in [-0.3, -0.25) is 0 Å². The molecule has 0 heterocycles. The Hall–Kier alpha value is -0.0400. The van der Waals surface area contributed by atoms with Crippen LogP contribution in [0.3, 0.4) is 0 Å². The third kappa shape index (κ3) is 9.96. The molecule has 0 aromatic rings. The first-order valence-corrected chi connectivity index (χ1v) is 5.55. The van der Waals surface area contributed by atoms with E-state index in [2.05, 4.69) is 19.2 Å². The quantitative estimate of drug-likeness (QED) is 0.471. The monoisotopic (exact) mass is 170 g/mol. The van der Waals surface area contributed by atoms with Gasteiger partial charge in [0.05, 0.1) is 5.32 Å². The molecule has 0 saturated carbocycles. The molecule has 0 atom stereocenters. The second kappa shape index (κ2) is 11.0. The SMILES string of the molecule is CCCCCC[N+]CCCCC. The second-order valence-corrected chi connectivity index (χ2v) is 3.44. The molecule has 0 aliphatic heterocycles. The Kier molecular flexibility index (Phi) is 10.9. The van der Waals surface area contributed by atoms with Crippen LogP contribution in [0.4, 0.5) is 0 Å². The van der Waals surface area contributed by atoms with Crippen LogP contribution >= 0.6 is 0 Å². The smallest absolute Gasteiger partial charge is 0.0654 e. The van der Waals surface area contributed by atoms with Gasteiger partial charge in [-0.1, -0.05) is 33.1 Å². The lowest BCUT2D eigenvalue weighted by Gasteiger charge is -1.91. The molecule has 0 bridgehead atoms. The first-order chi connectivity index (χ1) is 5.91. The highest BCUT2D eigenvalue weighted by atomic mass is 14.8. The minimum atomic E-state index is 1.10. The molecule has 72 valence electrons. The Bertz CT molecular complexity index is 61.4. The lowest BCUT2D eigenvalue weighted by Crippen LogP contribution is -2.08. The van der Waals surface area contributed by atoms with Crippen molar-refractivity contribution in [3.8, 4) is 0 Å². The molecule has 0 aliphatic rings. The first kappa shape index (κ1) is 12.0. The van der Waals surface area contributed by atoms with Gasteiger partial charge in [-0.25, -0.2) is 0 Å². The van der Waals surface area contributed by atoms with Gasteiger partial charge in [-0.2, -0.15) is 0 Å². The molecule has 0 saturated heterocycles. The van der Waals surface area contributed by atoms with E-state index in [0.717, 1.165) is 13.1 Å². The second-order valence-electron chi connectivity index (χ2n) is 3.44. The maximum Gasteiger partial charge on any atom is 0.183 e. The summed E-state index contributed by atoms with van der Waals surface area (Å²) in [5, 5.41) is 4.48. The molecule has 2 radical (unpaired) electrons. The maximum absolute atomic E-state index is 4.48. The Morgan fingerprint density at radius 1 is 0.667 bits per heavy atom. The molecule has 0 rings (SSSR count). The molecule has 0 aromatic carbocycles. The van der Waals surface area contributed by atoms with Crippen LogP contribution in [0.15, 0.2) is 0 Å². The van der Waals surface area contributed by atoms with Crippen molar-refractivity contribution in [1.82, 2.24) is 5.32 Å². The zero-order valence-electron chi connectivity index (χ0n) is 8.81. The van der Waals surface area contributed by atoms with Crippen LogP contribution in [0, 0.1) is 0 Å². The molecule has 1 heteroatoms. The minimum absolute atomic E-state index is 1.10. The summed E-state index contributed by atoms with van der Waals surface area (Å²) in [5.41, 5.74) is 0. The molecule has 0 aromatic heterocycles. The highest BCUT2D eigenvalue weighted by Crippen LogP contribution is 1.98. The van der Waals surface area contributed by atoms with Crippen LogP contribution in [0.1, 0.15) is 58.8 Å². The van der Waals surface area contributed by atoms with E-state index in [1.807, 2.05) is 0 Å². The van der Waals surface area contributed by atoms with Crippen molar-refractivity contribution in [3.05, 3.63) is 0 Å². The van der Waals surface area contributed by atoms with Gasteiger partial charge in [0.1, 0.15) is 0 Å². The maximum atomic E-state index is 4.48. The van der Waals surface area contributed by atoms with Gasteiger partial charge in [0.2, 0.25) is 0 Å². The van der Waals surface area contributed by atoms with Crippen molar-refractivity contribution in [3.63, 3.8) is 0 Å². The molecule has 12 heavy (non-hydrogen) atoms.